The summed E-state index contributed by atoms with van der Waals surface area (Å²) in [6.45, 7) is 4.02. The Labute approximate surface area is 166 Å². The number of hydrogen-bond acceptors (Lipinski definition) is 3. The standard InChI is InChI=1S/C24H28N2O2/c1-17-9-11-22-20(13-17)21(14-24(27)28-3)23-12-10-19(16-26(22)23)25(2)15-18-7-5-4-6-8-18/h4-9,11,13,19H,10,12,14-16H2,1-3H3. The second-order valence-electron chi connectivity index (χ2n) is 7.90. The number of likely N-dealkylation sites (N-methyl/N-ethyl adjacent to an activating group) is 1. The first-order chi connectivity index (χ1) is 13.6. The number of rotatable bonds is 5. The van der Waals surface area contributed by atoms with Crippen LogP contribution in [0.5, 0.6) is 0 Å². The number of carbonyl (C=O) groups excluding carboxylic acids is 1. The molecule has 1 atom stereocenters. The number of methoxy groups -OCH3 is 1. The number of hydrogen-bond donors (Lipinski definition) is 0. The molecular weight excluding hydrogens is 348 g/mol. The number of benzene rings is 2. The highest BCUT2D eigenvalue weighted by Gasteiger charge is 2.27. The Bertz CT molecular complexity index is 991. The molecule has 0 radical (unpaired) electrons. The van der Waals surface area contributed by atoms with Crippen LogP contribution >= 0.6 is 0 Å². The quantitative estimate of drug-likeness (QED) is 0.629. The van der Waals surface area contributed by atoms with E-state index in [1.807, 2.05) is 0 Å². The molecule has 4 nitrogen and oxygen atoms in total. The van der Waals surface area contributed by atoms with E-state index in [9.17, 15) is 4.79 Å². The van der Waals surface area contributed by atoms with E-state index in [2.05, 4.69) is 72.0 Å². The molecule has 1 unspecified atom stereocenters. The van der Waals surface area contributed by atoms with Gasteiger partial charge in [-0.3, -0.25) is 9.69 Å². The zero-order valence-corrected chi connectivity index (χ0v) is 16.9. The number of esters is 1. The van der Waals surface area contributed by atoms with Crippen molar-refractivity contribution in [2.45, 2.75) is 45.3 Å². The highest BCUT2D eigenvalue weighted by molar-refractivity contribution is 5.90. The zero-order valence-electron chi connectivity index (χ0n) is 16.9. The molecule has 0 fully saturated rings. The molecular formula is C24H28N2O2. The largest absolute Gasteiger partial charge is 0.469 e. The molecule has 0 aliphatic carbocycles. The normalized spacial score (nSPS) is 16.4. The lowest BCUT2D eigenvalue weighted by Gasteiger charge is -2.33. The van der Waals surface area contributed by atoms with Crippen LogP contribution in [-0.4, -0.2) is 35.6 Å². The Kier molecular flexibility index (Phi) is 5.23. The van der Waals surface area contributed by atoms with Crippen molar-refractivity contribution < 1.29 is 9.53 Å². The molecule has 0 amide bonds. The van der Waals surface area contributed by atoms with Gasteiger partial charge in [-0.05, 0) is 50.1 Å². The Morgan fingerprint density at radius 3 is 2.75 bits per heavy atom. The highest BCUT2D eigenvalue weighted by Crippen LogP contribution is 2.33. The summed E-state index contributed by atoms with van der Waals surface area (Å²) in [5.74, 6) is -0.167. The van der Waals surface area contributed by atoms with Crippen LogP contribution in [0.25, 0.3) is 10.9 Å². The number of carbonyl (C=O) groups is 1. The number of fused-ring (bicyclic) bond motifs is 3. The van der Waals surface area contributed by atoms with Gasteiger partial charge in [0.25, 0.3) is 0 Å². The molecule has 146 valence electrons. The summed E-state index contributed by atoms with van der Waals surface area (Å²) in [5.41, 5.74) is 6.25. The molecule has 0 spiro atoms. The van der Waals surface area contributed by atoms with Crippen molar-refractivity contribution in [2.24, 2.45) is 0 Å². The summed E-state index contributed by atoms with van der Waals surface area (Å²) in [4.78, 5) is 14.5. The molecule has 0 saturated carbocycles. The van der Waals surface area contributed by atoms with E-state index in [-0.39, 0.29) is 5.97 Å². The minimum absolute atomic E-state index is 0.167. The van der Waals surface area contributed by atoms with Crippen LogP contribution in [0.3, 0.4) is 0 Å². The highest BCUT2D eigenvalue weighted by atomic mass is 16.5. The molecule has 3 aromatic rings. The van der Waals surface area contributed by atoms with Gasteiger partial charge in [-0.15, -0.1) is 0 Å². The molecule has 2 heterocycles. The van der Waals surface area contributed by atoms with Gasteiger partial charge in [-0.25, -0.2) is 0 Å². The fraction of sp³-hybridized carbons (Fsp3) is 0.375. The zero-order chi connectivity index (χ0) is 19.7. The maximum absolute atomic E-state index is 12.0. The van der Waals surface area contributed by atoms with Crippen molar-refractivity contribution in [3.8, 4) is 0 Å². The molecule has 0 bridgehead atoms. The van der Waals surface area contributed by atoms with Gasteiger partial charge in [0.2, 0.25) is 0 Å². The first kappa shape index (κ1) is 18.8. The van der Waals surface area contributed by atoms with Gasteiger partial charge in [0.15, 0.2) is 0 Å². The van der Waals surface area contributed by atoms with E-state index in [0.29, 0.717) is 12.5 Å². The second-order valence-corrected chi connectivity index (χ2v) is 7.90. The fourth-order valence-electron chi connectivity index (χ4n) is 4.46. The van der Waals surface area contributed by atoms with Gasteiger partial charge in [0, 0.05) is 35.7 Å². The lowest BCUT2D eigenvalue weighted by atomic mass is 9.99. The third-order valence-electron chi connectivity index (χ3n) is 6.00. The predicted octanol–water partition coefficient (Wildman–Crippen LogP) is 4.11. The van der Waals surface area contributed by atoms with Crippen molar-refractivity contribution in [2.75, 3.05) is 14.2 Å². The van der Waals surface area contributed by atoms with Gasteiger partial charge < -0.3 is 9.30 Å². The van der Waals surface area contributed by atoms with Crippen molar-refractivity contribution in [3.63, 3.8) is 0 Å². The Hall–Kier alpha value is -2.59. The maximum Gasteiger partial charge on any atom is 0.310 e. The van der Waals surface area contributed by atoms with Crippen LogP contribution in [0, 0.1) is 6.92 Å². The minimum Gasteiger partial charge on any atom is -0.469 e. The SMILES string of the molecule is COC(=O)Cc1c2n(c3ccc(C)cc13)CC(N(C)Cc1ccccc1)CC2. The van der Waals surface area contributed by atoms with Crippen LogP contribution in [0.2, 0.25) is 0 Å². The summed E-state index contributed by atoms with van der Waals surface area (Å²) in [6.07, 6.45) is 2.44. The molecule has 0 saturated heterocycles. The monoisotopic (exact) mass is 376 g/mol. The molecule has 1 aromatic heterocycles. The van der Waals surface area contributed by atoms with E-state index in [1.165, 1.54) is 34.8 Å². The minimum atomic E-state index is -0.167. The lowest BCUT2D eigenvalue weighted by Crippen LogP contribution is -2.38. The number of aromatic nitrogens is 1. The first-order valence-electron chi connectivity index (χ1n) is 9.98. The Morgan fingerprint density at radius 2 is 2.00 bits per heavy atom. The van der Waals surface area contributed by atoms with Crippen LogP contribution < -0.4 is 0 Å². The summed E-state index contributed by atoms with van der Waals surface area (Å²) < 4.78 is 7.40. The smallest absolute Gasteiger partial charge is 0.310 e. The van der Waals surface area contributed by atoms with Crippen molar-refractivity contribution >= 4 is 16.9 Å². The summed E-state index contributed by atoms with van der Waals surface area (Å²) >= 11 is 0. The summed E-state index contributed by atoms with van der Waals surface area (Å²) in [7, 11) is 3.68. The topological polar surface area (TPSA) is 34.5 Å². The van der Waals surface area contributed by atoms with Gasteiger partial charge in [-0.1, -0.05) is 42.0 Å². The van der Waals surface area contributed by atoms with Crippen LogP contribution in [0.4, 0.5) is 0 Å². The summed E-state index contributed by atoms with van der Waals surface area (Å²) in [5, 5.41) is 1.20. The van der Waals surface area contributed by atoms with E-state index in [4.69, 9.17) is 4.74 Å². The predicted molar refractivity (Wildman–Crippen MR) is 112 cm³/mol. The van der Waals surface area contributed by atoms with Crippen molar-refractivity contribution in [1.82, 2.24) is 9.47 Å². The summed E-state index contributed by atoms with van der Waals surface area (Å²) in [6, 6.07) is 17.7. The van der Waals surface area contributed by atoms with Crippen LogP contribution in [0.1, 0.15) is 28.8 Å². The number of nitrogens with zero attached hydrogens (tertiary/aromatic N) is 2. The van der Waals surface area contributed by atoms with Crippen molar-refractivity contribution in [3.05, 3.63) is 70.9 Å². The Balaban J connectivity index is 1.65. The van der Waals surface area contributed by atoms with Gasteiger partial charge in [0.1, 0.15) is 0 Å². The molecule has 1 aliphatic heterocycles. The van der Waals surface area contributed by atoms with E-state index in [1.54, 1.807) is 0 Å². The third-order valence-corrected chi connectivity index (χ3v) is 6.00. The van der Waals surface area contributed by atoms with E-state index in [0.717, 1.165) is 31.5 Å². The van der Waals surface area contributed by atoms with Crippen molar-refractivity contribution in [1.29, 1.82) is 0 Å². The molecule has 1 aliphatic rings. The fourth-order valence-corrected chi connectivity index (χ4v) is 4.46. The Morgan fingerprint density at radius 1 is 1.21 bits per heavy atom. The van der Waals surface area contributed by atoms with Gasteiger partial charge >= 0.3 is 5.97 Å². The number of ether oxygens (including phenoxy) is 1. The van der Waals surface area contributed by atoms with Gasteiger partial charge in [-0.2, -0.15) is 0 Å². The van der Waals surface area contributed by atoms with Crippen LogP contribution in [0.15, 0.2) is 48.5 Å². The molecule has 2 aromatic carbocycles. The first-order valence-corrected chi connectivity index (χ1v) is 9.98. The average Bonchev–Trinajstić information content (AvgIpc) is 3.00. The van der Waals surface area contributed by atoms with Crippen LogP contribution in [-0.2, 0) is 35.5 Å². The molecule has 4 heteroatoms. The second kappa shape index (κ2) is 7.80. The molecule has 28 heavy (non-hydrogen) atoms. The third kappa shape index (κ3) is 3.57. The molecule has 4 rings (SSSR count). The van der Waals surface area contributed by atoms with Gasteiger partial charge in [0.05, 0.1) is 13.5 Å². The lowest BCUT2D eigenvalue weighted by molar-refractivity contribution is -0.139. The van der Waals surface area contributed by atoms with E-state index >= 15 is 0 Å². The maximum atomic E-state index is 12.0. The average molecular weight is 377 g/mol. The van der Waals surface area contributed by atoms with E-state index < -0.39 is 0 Å². The number of aryl methyl sites for hydroxylation is 1. The molecule has 0 N–H and O–H groups in total.